The van der Waals surface area contributed by atoms with Crippen LogP contribution in [0.2, 0.25) is 0 Å². The molecule has 0 aliphatic rings. The number of rotatable bonds is 3. The molecule has 6 heteroatoms. The molecule has 1 rings (SSSR count). The first kappa shape index (κ1) is 12.2. The average molecular weight is 225 g/mol. The van der Waals surface area contributed by atoms with Crippen molar-refractivity contribution < 1.29 is 14.3 Å². The summed E-state index contributed by atoms with van der Waals surface area (Å²) >= 11 is 0. The Morgan fingerprint density at radius 3 is 2.75 bits per heavy atom. The minimum atomic E-state index is -0.857. The van der Waals surface area contributed by atoms with Gasteiger partial charge >= 0.3 is 11.9 Å². The van der Waals surface area contributed by atoms with Crippen LogP contribution in [0.4, 0.5) is 0 Å². The zero-order valence-electron chi connectivity index (χ0n) is 9.61. The molecule has 1 heterocycles. The second kappa shape index (κ2) is 5.29. The first-order valence-corrected chi connectivity index (χ1v) is 4.98. The van der Waals surface area contributed by atoms with E-state index in [1.165, 1.54) is 0 Å². The smallest absolute Gasteiger partial charge is 0.396 e. The summed E-state index contributed by atoms with van der Waals surface area (Å²) in [5.74, 6) is -1.59. The van der Waals surface area contributed by atoms with Crippen molar-refractivity contribution in [2.75, 3.05) is 6.61 Å². The van der Waals surface area contributed by atoms with Crippen LogP contribution in [-0.4, -0.2) is 28.3 Å². The van der Waals surface area contributed by atoms with Gasteiger partial charge in [0.25, 0.3) is 0 Å². The molecule has 0 spiro atoms. The van der Waals surface area contributed by atoms with Gasteiger partial charge in [-0.3, -0.25) is 9.48 Å². The monoisotopic (exact) mass is 225 g/mol. The second-order valence-corrected chi connectivity index (χ2v) is 3.32. The fourth-order valence-electron chi connectivity index (χ4n) is 1.27. The minimum absolute atomic E-state index is 0.193. The Morgan fingerprint density at radius 1 is 1.56 bits per heavy atom. The zero-order valence-corrected chi connectivity index (χ0v) is 9.61. The molecule has 0 unspecified atom stereocenters. The van der Waals surface area contributed by atoms with E-state index in [0.29, 0.717) is 0 Å². The maximum Gasteiger partial charge on any atom is 0.396 e. The third-order valence-corrected chi connectivity index (χ3v) is 2.02. The summed E-state index contributed by atoms with van der Waals surface area (Å²) in [5, 5.41) is 6.59. The molecule has 16 heavy (non-hydrogen) atoms. The van der Waals surface area contributed by atoms with Gasteiger partial charge in [0.05, 0.1) is 12.3 Å². The number of nitrogens with zero attached hydrogens (tertiary/aromatic N) is 2. The molecule has 1 N–H and O–H groups in total. The molecule has 0 aromatic carbocycles. The summed E-state index contributed by atoms with van der Waals surface area (Å²) < 4.78 is 6.21. The lowest BCUT2D eigenvalue weighted by molar-refractivity contribution is -0.154. The van der Waals surface area contributed by atoms with Crippen LogP contribution < -0.4 is 5.32 Å². The van der Waals surface area contributed by atoms with Crippen LogP contribution in [0.5, 0.6) is 0 Å². The Hall–Kier alpha value is -1.85. The SMILES string of the molecule is CCOC(=O)C(=O)NCc1cn(C)nc1C. The van der Waals surface area contributed by atoms with Crippen molar-refractivity contribution in [3.63, 3.8) is 0 Å². The van der Waals surface area contributed by atoms with Crippen molar-refractivity contribution in [1.82, 2.24) is 15.1 Å². The average Bonchev–Trinajstić information content (AvgIpc) is 2.54. The van der Waals surface area contributed by atoms with Gasteiger partial charge in [-0.05, 0) is 13.8 Å². The van der Waals surface area contributed by atoms with E-state index in [2.05, 4.69) is 15.2 Å². The minimum Gasteiger partial charge on any atom is -0.459 e. The highest BCUT2D eigenvalue weighted by molar-refractivity contribution is 6.32. The molecule has 0 aliphatic heterocycles. The normalized spacial score (nSPS) is 9.94. The Balaban J connectivity index is 2.49. The van der Waals surface area contributed by atoms with Crippen LogP contribution in [0.1, 0.15) is 18.2 Å². The van der Waals surface area contributed by atoms with Gasteiger partial charge in [0.1, 0.15) is 0 Å². The summed E-state index contributed by atoms with van der Waals surface area (Å²) in [7, 11) is 1.80. The van der Waals surface area contributed by atoms with Crippen molar-refractivity contribution >= 4 is 11.9 Å². The lowest BCUT2D eigenvalue weighted by Gasteiger charge is -2.03. The highest BCUT2D eigenvalue weighted by atomic mass is 16.5. The van der Waals surface area contributed by atoms with Crippen LogP contribution in [0, 0.1) is 6.92 Å². The molecule has 6 nitrogen and oxygen atoms in total. The van der Waals surface area contributed by atoms with Gasteiger partial charge in [-0.2, -0.15) is 5.10 Å². The van der Waals surface area contributed by atoms with Gasteiger partial charge in [-0.1, -0.05) is 0 Å². The quantitative estimate of drug-likeness (QED) is 0.576. The molecule has 1 aromatic rings. The third-order valence-electron chi connectivity index (χ3n) is 2.02. The number of hydrogen-bond donors (Lipinski definition) is 1. The van der Waals surface area contributed by atoms with Gasteiger partial charge in [-0.25, -0.2) is 4.79 Å². The number of esters is 1. The molecule has 0 bridgehead atoms. The number of ether oxygens (including phenoxy) is 1. The highest BCUT2D eigenvalue weighted by Crippen LogP contribution is 2.03. The first-order valence-electron chi connectivity index (χ1n) is 4.98. The number of amides is 1. The van der Waals surface area contributed by atoms with Gasteiger partial charge < -0.3 is 10.1 Å². The Kier molecular flexibility index (Phi) is 4.04. The topological polar surface area (TPSA) is 73.2 Å². The summed E-state index contributed by atoms with van der Waals surface area (Å²) in [6, 6.07) is 0. The molecule has 0 fully saturated rings. The predicted molar refractivity (Wildman–Crippen MR) is 56.4 cm³/mol. The van der Waals surface area contributed by atoms with Crippen LogP contribution in [-0.2, 0) is 27.9 Å². The summed E-state index contributed by atoms with van der Waals surface area (Å²) in [6.07, 6.45) is 1.79. The Labute approximate surface area is 93.6 Å². The van der Waals surface area contributed by atoms with Gasteiger partial charge in [0.2, 0.25) is 0 Å². The first-order chi connectivity index (χ1) is 7.54. The number of aryl methyl sites for hydroxylation is 2. The van der Waals surface area contributed by atoms with E-state index in [4.69, 9.17) is 0 Å². The Morgan fingerprint density at radius 2 is 2.25 bits per heavy atom. The number of nitrogens with one attached hydrogen (secondary N) is 1. The molecule has 1 amide bonds. The standard InChI is InChI=1S/C10H15N3O3/c1-4-16-10(15)9(14)11-5-8-6-13(3)12-7(8)2/h6H,4-5H2,1-3H3,(H,11,14). The summed E-state index contributed by atoms with van der Waals surface area (Å²) in [5.41, 5.74) is 1.70. The van der Waals surface area contributed by atoms with Crippen molar-refractivity contribution in [3.8, 4) is 0 Å². The van der Waals surface area contributed by atoms with Crippen molar-refractivity contribution in [2.24, 2.45) is 7.05 Å². The van der Waals surface area contributed by atoms with Crippen molar-refractivity contribution in [1.29, 1.82) is 0 Å². The molecule has 0 aliphatic carbocycles. The van der Waals surface area contributed by atoms with E-state index in [9.17, 15) is 9.59 Å². The second-order valence-electron chi connectivity index (χ2n) is 3.32. The molecular formula is C10H15N3O3. The molecule has 1 aromatic heterocycles. The maximum absolute atomic E-state index is 11.2. The Bertz CT molecular complexity index is 398. The van der Waals surface area contributed by atoms with Gasteiger partial charge in [0, 0.05) is 25.4 Å². The highest BCUT2D eigenvalue weighted by Gasteiger charge is 2.14. The predicted octanol–water partition coefficient (Wildman–Crippen LogP) is -0.0922. The molecule has 88 valence electrons. The van der Waals surface area contributed by atoms with E-state index >= 15 is 0 Å². The van der Waals surface area contributed by atoms with Crippen molar-refractivity contribution in [2.45, 2.75) is 20.4 Å². The van der Waals surface area contributed by atoms with Gasteiger partial charge in [0.15, 0.2) is 0 Å². The van der Waals surface area contributed by atoms with Crippen LogP contribution >= 0.6 is 0 Å². The number of carbonyl (C=O) groups excluding carboxylic acids is 2. The fraction of sp³-hybridized carbons (Fsp3) is 0.500. The van der Waals surface area contributed by atoms with E-state index < -0.39 is 11.9 Å². The molecule has 0 saturated carbocycles. The van der Waals surface area contributed by atoms with E-state index in [1.54, 1.807) is 24.9 Å². The zero-order chi connectivity index (χ0) is 12.1. The van der Waals surface area contributed by atoms with E-state index in [0.717, 1.165) is 11.3 Å². The number of hydrogen-bond acceptors (Lipinski definition) is 4. The lowest BCUT2D eigenvalue weighted by Crippen LogP contribution is -2.32. The molecule has 0 saturated heterocycles. The van der Waals surface area contributed by atoms with E-state index in [-0.39, 0.29) is 13.2 Å². The summed E-state index contributed by atoms with van der Waals surface area (Å²) in [4.78, 5) is 22.2. The number of carbonyl (C=O) groups is 2. The van der Waals surface area contributed by atoms with E-state index in [1.807, 2.05) is 6.92 Å². The van der Waals surface area contributed by atoms with Crippen LogP contribution in [0.15, 0.2) is 6.20 Å². The molecule has 0 atom stereocenters. The van der Waals surface area contributed by atoms with Crippen molar-refractivity contribution in [3.05, 3.63) is 17.5 Å². The molecular weight excluding hydrogens is 210 g/mol. The molecule has 0 radical (unpaired) electrons. The maximum atomic E-state index is 11.2. The number of aromatic nitrogens is 2. The van der Waals surface area contributed by atoms with Crippen LogP contribution in [0.25, 0.3) is 0 Å². The fourth-order valence-corrected chi connectivity index (χ4v) is 1.27. The third kappa shape index (κ3) is 3.08. The van der Waals surface area contributed by atoms with Gasteiger partial charge in [-0.15, -0.1) is 0 Å². The lowest BCUT2D eigenvalue weighted by atomic mass is 10.2. The summed E-state index contributed by atoms with van der Waals surface area (Å²) in [6.45, 7) is 3.96. The van der Waals surface area contributed by atoms with Crippen LogP contribution in [0.3, 0.4) is 0 Å². The largest absolute Gasteiger partial charge is 0.459 e.